The van der Waals surface area contributed by atoms with Crippen LogP contribution in [-0.4, -0.2) is 18.5 Å². The second-order valence-corrected chi connectivity index (χ2v) is 9.48. The highest BCUT2D eigenvalue weighted by atomic mass is 79.9. The van der Waals surface area contributed by atoms with E-state index in [4.69, 9.17) is 9.15 Å². The van der Waals surface area contributed by atoms with E-state index >= 15 is 0 Å². The average molecular weight is 548 g/mol. The molecule has 3 aromatic carbocycles. The van der Waals surface area contributed by atoms with Crippen LogP contribution in [0.5, 0.6) is 0 Å². The van der Waals surface area contributed by atoms with Crippen molar-refractivity contribution in [2.75, 3.05) is 11.9 Å². The molecule has 0 unspecified atom stereocenters. The summed E-state index contributed by atoms with van der Waals surface area (Å²) in [6.07, 6.45) is 0. The maximum absolute atomic E-state index is 13.1. The maximum atomic E-state index is 13.1. The third-order valence-electron chi connectivity index (χ3n) is 5.52. The van der Waals surface area contributed by atoms with E-state index in [1.165, 1.54) is 17.4 Å². The number of esters is 1. The van der Waals surface area contributed by atoms with Crippen LogP contribution in [0.25, 0.3) is 32.9 Å². The highest BCUT2D eigenvalue weighted by Gasteiger charge is 2.25. The Morgan fingerprint density at radius 1 is 1.00 bits per heavy atom. The summed E-state index contributed by atoms with van der Waals surface area (Å²) in [5.41, 5.74) is 1.19. The Kier molecular flexibility index (Phi) is 6.23. The molecule has 0 fully saturated rings. The maximum Gasteiger partial charge on any atom is 0.349 e. The minimum atomic E-state index is -0.763. The zero-order valence-corrected chi connectivity index (χ0v) is 20.9. The Morgan fingerprint density at radius 2 is 1.80 bits per heavy atom. The SMILES string of the molecule is CCOC(=O)c1c(-c2cccc3ccccc23)csc1NC(=O)c1cc2cc(Br)ccc2oc1=O. The topological polar surface area (TPSA) is 85.6 Å². The van der Waals surface area contributed by atoms with Crippen LogP contribution in [0, 0.1) is 0 Å². The molecule has 6 nitrogen and oxygen atoms in total. The molecule has 5 aromatic rings. The van der Waals surface area contributed by atoms with Gasteiger partial charge in [-0.25, -0.2) is 9.59 Å². The Balaban J connectivity index is 1.59. The van der Waals surface area contributed by atoms with Gasteiger partial charge in [-0.3, -0.25) is 4.79 Å². The fourth-order valence-corrected chi connectivity index (χ4v) is 5.26. The lowest BCUT2D eigenvalue weighted by Crippen LogP contribution is -2.21. The third kappa shape index (κ3) is 4.38. The van der Waals surface area contributed by atoms with Crippen molar-refractivity contribution in [2.45, 2.75) is 6.92 Å². The summed E-state index contributed by atoms with van der Waals surface area (Å²) >= 11 is 4.57. The number of benzene rings is 3. The number of anilines is 1. The summed E-state index contributed by atoms with van der Waals surface area (Å²) in [6.45, 7) is 1.90. The Hall–Kier alpha value is -3.75. The molecule has 0 aliphatic rings. The first-order valence-electron chi connectivity index (χ1n) is 10.8. The van der Waals surface area contributed by atoms with Gasteiger partial charge >= 0.3 is 11.6 Å². The van der Waals surface area contributed by atoms with E-state index in [2.05, 4.69) is 21.2 Å². The van der Waals surface area contributed by atoms with Crippen molar-refractivity contribution in [1.82, 2.24) is 0 Å². The van der Waals surface area contributed by atoms with Gasteiger partial charge < -0.3 is 14.5 Å². The van der Waals surface area contributed by atoms with Crippen molar-refractivity contribution in [1.29, 1.82) is 0 Å². The Morgan fingerprint density at radius 3 is 2.63 bits per heavy atom. The van der Waals surface area contributed by atoms with Gasteiger partial charge in [-0.15, -0.1) is 11.3 Å². The average Bonchev–Trinajstić information content (AvgIpc) is 3.27. The quantitative estimate of drug-likeness (QED) is 0.192. The van der Waals surface area contributed by atoms with Crippen LogP contribution in [-0.2, 0) is 4.74 Å². The van der Waals surface area contributed by atoms with Gasteiger partial charge in [0.05, 0.1) is 6.61 Å². The first-order chi connectivity index (χ1) is 17.0. The molecule has 0 atom stereocenters. The molecule has 0 aliphatic carbocycles. The van der Waals surface area contributed by atoms with Crippen molar-refractivity contribution in [2.24, 2.45) is 0 Å². The molecule has 2 heterocycles. The van der Waals surface area contributed by atoms with Crippen LogP contribution >= 0.6 is 27.3 Å². The van der Waals surface area contributed by atoms with Crippen LogP contribution in [0.4, 0.5) is 5.00 Å². The molecule has 1 N–H and O–H groups in total. The van der Waals surface area contributed by atoms with Gasteiger partial charge in [-0.2, -0.15) is 0 Å². The van der Waals surface area contributed by atoms with Crippen LogP contribution in [0.15, 0.2) is 85.8 Å². The predicted octanol–water partition coefficient (Wildman–Crippen LogP) is 6.87. The molecule has 0 saturated carbocycles. The molecule has 2 aromatic heterocycles. The standard InChI is InChI=1S/C27H18BrNO5S/c1-2-33-27(32)23-21(19-9-5-7-15-6-3-4-8-18(15)19)14-35-25(23)29-24(30)20-13-16-12-17(28)10-11-22(16)34-26(20)31/h3-14H,2H2,1H3,(H,29,30). The summed E-state index contributed by atoms with van der Waals surface area (Å²) in [4.78, 5) is 38.6. The first-order valence-corrected chi connectivity index (χ1v) is 12.4. The zero-order chi connectivity index (χ0) is 24.5. The number of fused-ring (bicyclic) bond motifs is 2. The van der Waals surface area contributed by atoms with Gasteiger partial charge in [0.15, 0.2) is 0 Å². The number of nitrogens with one attached hydrogen (secondary N) is 1. The van der Waals surface area contributed by atoms with Crippen molar-refractivity contribution < 1.29 is 18.7 Å². The van der Waals surface area contributed by atoms with E-state index in [0.29, 0.717) is 21.5 Å². The van der Waals surface area contributed by atoms with E-state index in [1.807, 2.05) is 47.8 Å². The zero-order valence-electron chi connectivity index (χ0n) is 18.5. The van der Waals surface area contributed by atoms with Gasteiger partial charge in [0.1, 0.15) is 21.7 Å². The normalized spacial score (nSPS) is 11.0. The fourth-order valence-electron chi connectivity index (χ4n) is 3.94. The number of carbonyl (C=O) groups excluding carboxylic acids is 2. The number of rotatable bonds is 5. The first kappa shape index (κ1) is 23.0. The second kappa shape index (κ2) is 9.48. The molecule has 174 valence electrons. The Bertz CT molecular complexity index is 1660. The number of thiophene rings is 1. The molecule has 8 heteroatoms. The van der Waals surface area contributed by atoms with Crippen molar-refractivity contribution in [3.05, 3.63) is 98.1 Å². The highest BCUT2D eigenvalue weighted by Crippen LogP contribution is 2.39. The van der Waals surface area contributed by atoms with Crippen LogP contribution in [0.3, 0.4) is 0 Å². The minimum absolute atomic E-state index is 0.162. The summed E-state index contributed by atoms with van der Waals surface area (Å²) in [5, 5.41) is 7.43. The smallest absolute Gasteiger partial charge is 0.349 e. The van der Waals surface area contributed by atoms with Gasteiger partial charge in [-0.05, 0) is 47.5 Å². The summed E-state index contributed by atoms with van der Waals surface area (Å²) < 4.78 is 11.4. The van der Waals surface area contributed by atoms with Crippen LogP contribution < -0.4 is 10.9 Å². The van der Waals surface area contributed by atoms with E-state index in [0.717, 1.165) is 20.8 Å². The lowest BCUT2D eigenvalue weighted by atomic mass is 9.97. The van der Waals surface area contributed by atoms with E-state index in [-0.39, 0.29) is 17.7 Å². The van der Waals surface area contributed by atoms with Crippen LogP contribution in [0.2, 0.25) is 0 Å². The van der Waals surface area contributed by atoms with Gasteiger partial charge in [0, 0.05) is 20.8 Å². The summed E-state index contributed by atoms with van der Waals surface area (Å²) in [7, 11) is 0. The molecule has 5 rings (SSSR count). The van der Waals surface area contributed by atoms with E-state index in [1.54, 1.807) is 25.1 Å². The molecular formula is C27H18BrNO5S. The predicted molar refractivity (Wildman–Crippen MR) is 141 cm³/mol. The van der Waals surface area contributed by atoms with Gasteiger partial charge in [0.2, 0.25) is 0 Å². The van der Waals surface area contributed by atoms with Gasteiger partial charge in [-0.1, -0.05) is 58.4 Å². The second-order valence-electron chi connectivity index (χ2n) is 7.68. The fraction of sp³-hybridized carbons (Fsp3) is 0.0741. The Labute approximate surface area is 212 Å². The highest BCUT2D eigenvalue weighted by molar-refractivity contribution is 9.10. The monoisotopic (exact) mass is 547 g/mol. The number of ether oxygens (including phenoxy) is 1. The molecule has 0 saturated heterocycles. The molecular weight excluding hydrogens is 530 g/mol. The van der Waals surface area contributed by atoms with E-state index in [9.17, 15) is 14.4 Å². The molecule has 1 amide bonds. The van der Waals surface area contributed by atoms with Crippen molar-refractivity contribution in [3.63, 3.8) is 0 Å². The lowest BCUT2D eigenvalue weighted by Gasteiger charge is -2.10. The number of amides is 1. The molecule has 0 aliphatic heterocycles. The minimum Gasteiger partial charge on any atom is -0.462 e. The molecule has 0 radical (unpaired) electrons. The summed E-state index contributed by atoms with van der Waals surface area (Å²) in [5.74, 6) is -1.22. The molecule has 35 heavy (non-hydrogen) atoms. The van der Waals surface area contributed by atoms with Gasteiger partial charge in [0.25, 0.3) is 5.91 Å². The summed E-state index contributed by atoms with van der Waals surface area (Å²) in [6, 6.07) is 20.3. The van der Waals surface area contributed by atoms with Crippen LogP contribution in [0.1, 0.15) is 27.6 Å². The largest absolute Gasteiger partial charge is 0.462 e. The van der Waals surface area contributed by atoms with Crippen molar-refractivity contribution >= 4 is 65.9 Å². The number of hydrogen-bond acceptors (Lipinski definition) is 6. The van der Waals surface area contributed by atoms with E-state index < -0.39 is 17.5 Å². The number of halogens is 1. The third-order valence-corrected chi connectivity index (χ3v) is 6.91. The molecule has 0 spiro atoms. The lowest BCUT2D eigenvalue weighted by molar-refractivity contribution is 0.0529. The molecule has 0 bridgehead atoms. The number of hydrogen-bond donors (Lipinski definition) is 1. The van der Waals surface area contributed by atoms with Crippen molar-refractivity contribution in [3.8, 4) is 11.1 Å². The number of carbonyl (C=O) groups is 2.